The topological polar surface area (TPSA) is 22.1 Å². The number of hydrogen-bond donors (Lipinski definition) is 0. The summed E-state index contributed by atoms with van der Waals surface area (Å²) in [4.78, 5) is 3.96. The van der Waals surface area contributed by atoms with Crippen LogP contribution in [0, 0.1) is 0 Å². The van der Waals surface area contributed by atoms with E-state index in [1.165, 1.54) is 6.20 Å². The maximum atomic E-state index is 11.7. The fourth-order valence-corrected chi connectivity index (χ4v) is 1.07. The van der Waals surface area contributed by atoms with Crippen LogP contribution in [0.25, 0.3) is 0 Å². The number of ether oxygens (including phenoxy) is 1. The number of nitrogens with zero attached hydrogens (tertiary/aromatic N) is 1. The van der Waals surface area contributed by atoms with Crippen molar-refractivity contribution in [2.75, 3.05) is 6.61 Å². The van der Waals surface area contributed by atoms with Gasteiger partial charge >= 0.3 is 0 Å². The summed E-state index contributed by atoms with van der Waals surface area (Å²) in [5.41, 5.74) is 0.837. The Bertz CT molecular complexity index is 253. The molecular weight excluding hydrogens is 244 g/mol. The molecule has 1 heterocycles. The molecule has 0 aliphatic carbocycles. The molecule has 0 atom stereocenters. The van der Waals surface area contributed by atoms with Crippen molar-refractivity contribution in [2.24, 2.45) is 0 Å². The van der Waals surface area contributed by atoms with Crippen molar-refractivity contribution < 1.29 is 13.5 Å². The van der Waals surface area contributed by atoms with E-state index in [9.17, 15) is 8.78 Å². The summed E-state index contributed by atoms with van der Waals surface area (Å²) in [6.45, 7) is -0.588. The average Bonchev–Trinajstić information content (AvgIpc) is 2.15. The van der Waals surface area contributed by atoms with Gasteiger partial charge in [0.2, 0.25) is 0 Å². The highest BCUT2D eigenvalue weighted by Crippen LogP contribution is 2.11. The third kappa shape index (κ3) is 3.67. The molecular formula is C8H8BrF2NO. The van der Waals surface area contributed by atoms with Gasteiger partial charge in [-0.2, -0.15) is 0 Å². The van der Waals surface area contributed by atoms with Crippen molar-refractivity contribution >= 4 is 15.9 Å². The first-order chi connectivity index (χ1) is 6.22. The Balaban J connectivity index is 2.49. The molecule has 0 bridgehead atoms. The van der Waals surface area contributed by atoms with Crippen LogP contribution in [0.4, 0.5) is 8.78 Å². The average molecular weight is 252 g/mol. The minimum Gasteiger partial charge on any atom is -0.486 e. The molecule has 0 aromatic carbocycles. The molecule has 1 rings (SSSR count). The molecule has 72 valence electrons. The summed E-state index contributed by atoms with van der Waals surface area (Å²) < 4.78 is 28.2. The fraction of sp³-hybridized carbons (Fsp3) is 0.375. The van der Waals surface area contributed by atoms with Gasteiger partial charge < -0.3 is 4.74 Å². The molecule has 0 radical (unpaired) electrons. The Kier molecular flexibility index (Phi) is 4.08. The van der Waals surface area contributed by atoms with Crippen LogP contribution in [0.3, 0.4) is 0 Å². The van der Waals surface area contributed by atoms with Crippen LogP contribution < -0.4 is 4.74 Å². The van der Waals surface area contributed by atoms with E-state index in [1.54, 1.807) is 12.1 Å². The van der Waals surface area contributed by atoms with E-state index >= 15 is 0 Å². The quantitative estimate of drug-likeness (QED) is 0.768. The second-order valence-corrected chi connectivity index (χ2v) is 2.88. The second-order valence-electron chi connectivity index (χ2n) is 2.32. The van der Waals surface area contributed by atoms with Gasteiger partial charge in [-0.1, -0.05) is 15.9 Å². The summed E-state index contributed by atoms with van der Waals surface area (Å²) in [6, 6.07) is 3.33. The molecule has 0 N–H and O–H groups in total. The maximum absolute atomic E-state index is 11.7. The normalized spacial score (nSPS) is 10.5. The fourth-order valence-electron chi connectivity index (χ4n) is 0.735. The van der Waals surface area contributed by atoms with Gasteiger partial charge in [0.05, 0.1) is 11.9 Å². The predicted octanol–water partition coefficient (Wildman–Crippen LogP) is 2.62. The number of alkyl halides is 3. The zero-order chi connectivity index (χ0) is 9.68. The van der Waals surface area contributed by atoms with E-state index in [0.717, 1.165) is 5.69 Å². The highest BCUT2D eigenvalue weighted by Gasteiger charge is 2.03. The molecule has 0 spiro atoms. The van der Waals surface area contributed by atoms with Crippen LogP contribution in [0.5, 0.6) is 5.75 Å². The molecule has 0 amide bonds. The zero-order valence-corrected chi connectivity index (χ0v) is 8.30. The molecule has 0 aliphatic rings. The zero-order valence-electron chi connectivity index (χ0n) is 6.71. The number of aromatic nitrogens is 1. The highest BCUT2D eigenvalue weighted by molar-refractivity contribution is 9.08. The van der Waals surface area contributed by atoms with Gasteiger partial charge in [-0.15, -0.1) is 0 Å². The Labute approximate surface area is 83.1 Å². The van der Waals surface area contributed by atoms with Crippen LogP contribution in [0.1, 0.15) is 5.69 Å². The second kappa shape index (κ2) is 5.11. The Morgan fingerprint density at radius 2 is 2.23 bits per heavy atom. The lowest BCUT2D eigenvalue weighted by Crippen LogP contribution is -2.07. The maximum Gasteiger partial charge on any atom is 0.272 e. The molecule has 13 heavy (non-hydrogen) atoms. The summed E-state index contributed by atoms with van der Waals surface area (Å²) in [5.74, 6) is 0.366. The lowest BCUT2D eigenvalue weighted by molar-refractivity contribution is 0.0817. The van der Waals surface area contributed by atoms with Crippen molar-refractivity contribution in [1.82, 2.24) is 4.98 Å². The lowest BCUT2D eigenvalue weighted by Gasteiger charge is -2.04. The Morgan fingerprint density at radius 3 is 2.69 bits per heavy atom. The molecule has 5 heteroatoms. The van der Waals surface area contributed by atoms with Gasteiger partial charge in [0.15, 0.2) is 0 Å². The minimum atomic E-state index is -2.45. The number of hydrogen-bond acceptors (Lipinski definition) is 2. The first kappa shape index (κ1) is 10.4. The van der Waals surface area contributed by atoms with E-state index in [2.05, 4.69) is 20.9 Å². The molecule has 1 aromatic rings. The van der Waals surface area contributed by atoms with Gasteiger partial charge in [-0.05, 0) is 12.1 Å². The molecule has 0 aliphatic heterocycles. The Morgan fingerprint density at radius 1 is 1.46 bits per heavy atom. The van der Waals surface area contributed by atoms with Crippen LogP contribution in [-0.4, -0.2) is 18.0 Å². The number of rotatable bonds is 4. The van der Waals surface area contributed by atoms with E-state index in [-0.39, 0.29) is 0 Å². The Hall–Kier alpha value is -0.710. The van der Waals surface area contributed by atoms with Crippen molar-refractivity contribution in [3.8, 4) is 5.75 Å². The summed E-state index contributed by atoms with van der Waals surface area (Å²) in [7, 11) is 0. The van der Waals surface area contributed by atoms with Crippen LogP contribution in [0.15, 0.2) is 18.3 Å². The summed E-state index contributed by atoms with van der Waals surface area (Å²) in [5, 5.41) is 0.641. The first-order valence-corrected chi connectivity index (χ1v) is 4.76. The van der Waals surface area contributed by atoms with Crippen LogP contribution >= 0.6 is 15.9 Å². The molecule has 0 unspecified atom stereocenters. The van der Waals surface area contributed by atoms with Gasteiger partial charge in [-0.3, -0.25) is 4.98 Å². The standard InChI is InChI=1S/C8H8BrF2NO/c9-3-6-1-2-7(4-12-6)13-5-8(10)11/h1-2,4,8H,3,5H2. The van der Waals surface area contributed by atoms with Crippen molar-refractivity contribution in [3.63, 3.8) is 0 Å². The van der Waals surface area contributed by atoms with E-state index in [1.807, 2.05) is 0 Å². The summed E-state index contributed by atoms with van der Waals surface area (Å²) >= 11 is 3.22. The first-order valence-electron chi connectivity index (χ1n) is 3.64. The number of halogens is 3. The van der Waals surface area contributed by atoms with Crippen LogP contribution in [-0.2, 0) is 5.33 Å². The monoisotopic (exact) mass is 251 g/mol. The molecule has 0 saturated carbocycles. The van der Waals surface area contributed by atoms with Crippen LogP contribution in [0.2, 0.25) is 0 Å². The van der Waals surface area contributed by atoms with Crippen molar-refractivity contribution in [2.45, 2.75) is 11.8 Å². The van der Waals surface area contributed by atoms with Crippen molar-refractivity contribution in [3.05, 3.63) is 24.0 Å². The molecule has 2 nitrogen and oxygen atoms in total. The molecule has 0 fully saturated rings. The molecule has 1 aromatic heterocycles. The smallest absolute Gasteiger partial charge is 0.272 e. The number of pyridine rings is 1. The predicted molar refractivity (Wildman–Crippen MR) is 48.4 cm³/mol. The minimum absolute atomic E-state index is 0.366. The largest absolute Gasteiger partial charge is 0.486 e. The third-order valence-electron chi connectivity index (χ3n) is 1.31. The van der Waals surface area contributed by atoms with E-state index in [0.29, 0.717) is 11.1 Å². The van der Waals surface area contributed by atoms with Gasteiger partial charge in [0.25, 0.3) is 6.43 Å². The van der Waals surface area contributed by atoms with E-state index in [4.69, 9.17) is 4.74 Å². The van der Waals surface area contributed by atoms with Gasteiger partial charge in [-0.25, -0.2) is 8.78 Å². The third-order valence-corrected chi connectivity index (χ3v) is 1.89. The lowest BCUT2D eigenvalue weighted by atomic mass is 10.4. The van der Waals surface area contributed by atoms with Gasteiger partial charge in [0.1, 0.15) is 12.4 Å². The molecule has 0 saturated heterocycles. The highest BCUT2D eigenvalue weighted by atomic mass is 79.9. The summed E-state index contributed by atoms with van der Waals surface area (Å²) in [6.07, 6.45) is -1.02. The van der Waals surface area contributed by atoms with E-state index < -0.39 is 13.0 Å². The van der Waals surface area contributed by atoms with Crippen molar-refractivity contribution in [1.29, 1.82) is 0 Å². The van der Waals surface area contributed by atoms with Gasteiger partial charge in [0, 0.05) is 5.33 Å². The SMILES string of the molecule is FC(F)COc1ccc(CBr)nc1.